The highest BCUT2D eigenvalue weighted by Gasteiger charge is 2.21. The van der Waals surface area contributed by atoms with Gasteiger partial charge >= 0.3 is 0 Å². The van der Waals surface area contributed by atoms with Crippen LogP contribution in [0.2, 0.25) is 0 Å². The van der Waals surface area contributed by atoms with Crippen molar-refractivity contribution in [2.75, 3.05) is 31.1 Å². The third-order valence-corrected chi connectivity index (χ3v) is 5.03. The summed E-state index contributed by atoms with van der Waals surface area (Å²) in [6.45, 7) is 12.0. The minimum atomic E-state index is -0.175. The summed E-state index contributed by atoms with van der Waals surface area (Å²) in [5.74, 6) is 0.759. The van der Waals surface area contributed by atoms with Gasteiger partial charge in [-0.1, -0.05) is 18.7 Å². The van der Waals surface area contributed by atoms with Gasteiger partial charge in [-0.15, -0.1) is 0 Å². The lowest BCUT2D eigenvalue weighted by Gasteiger charge is -2.29. The highest BCUT2D eigenvalue weighted by atomic mass is 19.1. The summed E-state index contributed by atoms with van der Waals surface area (Å²) >= 11 is 0. The molecule has 1 fully saturated rings. The number of halogens is 1. The molecular weight excluding hydrogens is 341 g/mol. The third kappa shape index (κ3) is 3.32. The highest BCUT2D eigenvalue weighted by Crippen LogP contribution is 2.27. The number of fused-ring (bicyclic) bond motifs is 1. The van der Waals surface area contributed by atoms with Gasteiger partial charge in [0.2, 0.25) is 5.95 Å². The van der Waals surface area contributed by atoms with Crippen LogP contribution in [0.4, 0.5) is 10.3 Å². The number of hydrogen-bond acceptors (Lipinski definition) is 4. The smallest absolute Gasteiger partial charge is 0.207 e. The van der Waals surface area contributed by atoms with Gasteiger partial charge in [-0.25, -0.2) is 9.37 Å². The Hall–Kier alpha value is -2.73. The van der Waals surface area contributed by atoms with Gasteiger partial charge in [-0.3, -0.25) is 4.98 Å². The number of piperazine rings is 1. The Morgan fingerprint density at radius 1 is 1.19 bits per heavy atom. The summed E-state index contributed by atoms with van der Waals surface area (Å²) in [7, 11) is 0. The van der Waals surface area contributed by atoms with Crippen molar-refractivity contribution in [3.8, 4) is 0 Å². The molecule has 1 aliphatic rings. The van der Waals surface area contributed by atoms with E-state index < -0.39 is 0 Å². The molecule has 3 heterocycles. The fraction of sp³-hybridized carbons (Fsp3) is 0.333. The molecule has 0 unspecified atom stereocenters. The SMILES string of the molecule is C=Cc1nc(C)cc2c1nc(N1CCNCC1)n2Cc1ccc(F)c(C)c1. The first-order valence-corrected chi connectivity index (χ1v) is 9.28. The Bertz CT molecular complexity index is 1000. The molecule has 6 heteroatoms. The molecule has 0 bridgehead atoms. The minimum absolute atomic E-state index is 0.175. The fourth-order valence-electron chi connectivity index (χ4n) is 3.65. The molecule has 0 spiro atoms. The number of anilines is 1. The molecule has 0 radical (unpaired) electrons. The van der Waals surface area contributed by atoms with Gasteiger partial charge in [-0.2, -0.15) is 0 Å². The van der Waals surface area contributed by atoms with Crippen LogP contribution in [0.1, 0.15) is 22.5 Å². The summed E-state index contributed by atoms with van der Waals surface area (Å²) in [6, 6.07) is 7.36. The predicted octanol–water partition coefficient (Wildman–Crippen LogP) is 3.29. The Balaban J connectivity index is 1.87. The number of nitrogens with zero attached hydrogens (tertiary/aromatic N) is 4. The summed E-state index contributed by atoms with van der Waals surface area (Å²) in [5, 5.41) is 3.38. The van der Waals surface area contributed by atoms with Gasteiger partial charge in [0.1, 0.15) is 11.3 Å². The second-order valence-electron chi connectivity index (χ2n) is 7.04. The van der Waals surface area contributed by atoms with Gasteiger partial charge < -0.3 is 14.8 Å². The topological polar surface area (TPSA) is 46.0 Å². The molecule has 0 atom stereocenters. The van der Waals surface area contributed by atoms with Crippen molar-refractivity contribution in [3.63, 3.8) is 0 Å². The Labute approximate surface area is 158 Å². The van der Waals surface area contributed by atoms with Gasteiger partial charge in [0, 0.05) is 31.9 Å². The first-order chi connectivity index (χ1) is 13.1. The van der Waals surface area contributed by atoms with Gasteiger partial charge in [-0.05, 0) is 43.2 Å². The molecule has 0 aliphatic carbocycles. The van der Waals surface area contributed by atoms with E-state index in [1.54, 1.807) is 13.0 Å². The predicted molar refractivity (Wildman–Crippen MR) is 108 cm³/mol. The lowest BCUT2D eigenvalue weighted by atomic mass is 10.1. The standard InChI is InChI=1S/C21H24FN5/c1-4-18-20-19(12-15(3)24-18)27(13-16-5-6-17(22)14(2)11-16)21(25-20)26-9-7-23-8-10-26/h4-6,11-12,23H,1,7-10,13H2,2-3H3. The number of pyridine rings is 1. The molecule has 1 saturated heterocycles. The van der Waals surface area contributed by atoms with E-state index in [4.69, 9.17) is 4.98 Å². The summed E-state index contributed by atoms with van der Waals surface area (Å²) in [6.07, 6.45) is 1.76. The maximum absolute atomic E-state index is 13.7. The van der Waals surface area contributed by atoms with Crippen LogP contribution in [0.25, 0.3) is 17.1 Å². The van der Waals surface area contributed by atoms with Crippen molar-refractivity contribution in [1.82, 2.24) is 19.9 Å². The molecule has 1 aliphatic heterocycles. The van der Waals surface area contributed by atoms with Crippen molar-refractivity contribution >= 4 is 23.1 Å². The summed E-state index contributed by atoms with van der Waals surface area (Å²) in [4.78, 5) is 11.8. The second kappa shape index (κ2) is 7.12. The molecule has 3 aromatic rings. The number of hydrogen-bond donors (Lipinski definition) is 1. The van der Waals surface area contributed by atoms with E-state index in [2.05, 4.69) is 32.4 Å². The first-order valence-electron chi connectivity index (χ1n) is 9.28. The molecule has 140 valence electrons. The highest BCUT2D eigenvalue weighted by molar-refractivity contribution is 5.86. The average Bonchev–Trinajstić information content (AvgIpc) is 3.03. The van der Waals surface area contributed by atoms with E-state index >= 15 is 0 Å². The number of nitrogens with one attached hydrogen (secondary N) is 1. The van der Waals surface area contributed by atoms with E-state index in [0.717, 1.165) is 60.1 Å². The van der Waals surface area contributed by atoms with E-state index in [1.165, 1.54) is 6.07 Å². The largest absolute Gasteiger partial charge is 0.340 e. The van der Waals surface area contributed by atoms with Crippen LogP contribution in [0.15, 0.2) is 30.8 Å². The molecular formula is C21H24FN5. The maximum Gasteiger partial charge on any atom is 0.207 e. The number of aryl methyl sites for hydroxylation is 2. The Kier molecular flexibility index (Phi) is 4.66. The van der Waals surface area contributed by atoms with Crippen molar-refractivity contribution in [2.45, 2.75) is 20.4 Å². The molecule has 4 rings (SSSR count). The minimum Gasteiger partial charge on any atom is -0.340 e. The van der Waals surface area contributed by atoms with E-state index in [1.807, 2.05) is 19.1 Å². The monoisotopic (exact) mass is 365 g/mol. The van der Waals surface area contributed by atoms with Crippen LogP contribution >= 0.6 is 0 Å². The van der Waals surface area contributed by atoms with E-state index in [0.29, 0.717) is 12.1 Å². The van der Waals surface area contributed by atoms with Gasteiger partial charge in [0.25, 0.3) is 0 Å². The molecule has 27 heavy (non-hydrogen) atoms. The van der Waals surface area contributed by atoms with Gasteiger partial charge in [0.15, 0.2) is 0 Å². The van der Waals surface area contributed by atoms with Crippen LogP contribution in [-0.2, 0) is 6.54 Å². The number of aromatic nitrogens is 3. The first kappa shape index (κ1) is 17.7. The van der Waals surface area contributed by atoms with Crippen LogP contribution in [0.5, 0.6) is 0 Å². The van der Waals surface area contributed by atoms with E-state index in [9.17, 15) is 4.39 Å². The van der Waals surface area contributed by atoms with Crippen LogP contribution in [0, 0.1) is 19.7 Å². The lowest BCUT2D eigenvalue weighted by Crippen LogP contribution is -2.44. The zero-order valence-electron chi connectivity index (χ0n) is 15.8. The zero-order valence-corrected chi connectivity index (χ0v) is 15.8. The molecule has 2 aromatic heterocycles. The normalized spacial score (nSPS) is 14.7. The van der Waals surface area contributed by atoms with Crippen molar-refractivity contribution < 1.29 is 4.39 Å². The Morgan fingerprint density at radius 2 is 1.96 bits per heavy atom. The van der Waals surface area contributed by atoms with E-state index in [-0.39, 0.29) is 5.82 Å². The van der Waals surface area contributed by atoms with Crippen LogP contribution < -0.4 is 10.2 Å². The zero-order chi connectivity index (χ0) is 19.0. The summed E-state index contributed by atoms with van der Waals surface area (Å²) in [5.41, 5.74) is 5.34. The lowest BCUT2D eigenvalue weighted by molar-refractivity contribution is 0.571. The van der Waals surface area contributed by atoms with Crippen LogP contribution in [0.3, 0.4) is 0 Å². The van der Waals surface area contributed by atoms with Crippen molar-refractivity contribution in [3.05, 3.63) is 59.2 Å². The average molecular weight is 365 g/mol. The van der Waals surface area contributed by atoms with Crippen molar-refractivity contribution in [1.29, 1.82) is 0 Å². The van der Waals surface area contributed by atoms with Gasteiger partial charge in [0.05, 0.1) is 17.8 Å². The van der Waals surface area contributed by atoms with Crippen molar-refractivity contribution in [2.24, 2.45) is 0 Å². The molecule has 0 amide bonds. The molecule has 1 aromatic carbocycles. The summed E-state index contributed by atoms with van der Waals surface area (Å²) < 4.78 is 15.9. The number of rotatable bonds is 4. The molecule has 0 saturated carbocycles. The second-order valence-corrected chi connectivity index (χ2v) is 7.04. The fourth-order valence-corrected chi connectivity index (χ4v) is 3.65. The maximum atomic E-state index is 13.7. The third-order valence-electron chi connectivity index (χ3n) is 5.03. The number of benzene rings is 1. The quantitative estimate of drug-likeness (QED) is 0.771. The number of imidazole rings is 1. The van der Waals surface area contributed by atoms with Crippen LogP contribution in [-0.4, -0.2) is 40.7 Å². The molecule has 1 N–H and O–H groups in total. The Morgan fingerprint density at radius 3 is 2.67 bits per heavy atom. The molecule has 5 nitrogen and oxygen atoms in total.